The van der Waals surface area contributed by atoms with Crippen LogP contribution in [-0.4, -0.2) is 27.5 Å². The lowest BCUT2D eigenvalue weighted by atomic mass is 10.1. The Bertz CT molecular complexity index is 460. The Labute approximate surface area is 123 Å². The Morgan fingerprint density at radius 3 is 3.00 bits per heavy atom. The van der Waals surface area contributed by atoms with Crippen LogP contribution >= 0.6 is 15.9 Å². The zero-order valence-corrected chi connectivity index (χ0v) is 13.1. The van der Waals surface area contributed by atoms with Crippen molar-refractivity contribution in [3.05, 3.63) is 22.7 Å². The van der Waals surface area contributed by atoms with Gasteiger partial charge in [0.25, 0.3) is 5.56 Å². The molecule has 0 N–H and O–H groups in total. The fraction of sp³-hybridized carbons (Fsp3) is 0.714. The third-order valence-electron chi connectivity index (χ3n) is 3.69. The molecule has 4 nitrogen and oxygen atoms in total. The molecule has 2 heterocycles. The largest absolute Gasteiger partial charge is 0.348 e. The van der Waals surface area contributed by atoms with Gasteiger partial charge in [0.05, 0.1) is 0 Å². The number of hydrogen-bond acceptors (Lipinski definition) is 3. The van der Waals surface area contributed by atoms with Gasteiger partial charge in [-0.2, -0.15) is 0 Å². The summed E-state index contributed by atoms with van der Waals surface area (Å²) >= 11 is 3.58. The van der Waals surface area contributed by atoms with Crippen LogP contribution in [0, 0.1) is 0 Å². The summed E-state index contributed by atoms with van der Waals surface area (Å²) in [5, 5.41) is 0.900. The molecule has 0 bridgehead atoms. The summed E-state index contributed by atoms with van der Waals surface area (Å²) in [6.45, 7) is 3.79. The molecule has 1 unspecified atom stereocenters. The molecule has 1 aliphatic heterocycles. The monoisotopic (exact) mass is 327 g/mol. The summed E-state index contributed by atoms with van der Waals surface area (Å²) < 4.78 is 1.78. The van der Waals surface area contributed by atoms with Crippen LogP contribution in [0.1, 0.15) is 39.0 Å². The van der Waals surface area contributed by atoms with E-state index in [2.05, 4.69) is 32.7 Å². The molecule has 0 aliphatic carbocycles. The normalized spacial score (nSPS) is 20.3. The standard InChI is InChI=1S/C14H22BrN3O/c1-2-8-17-10-7-16-13(14(17)19)18-9-5-3-4-6-12(18)11-15/h7,10,12H,2-6,8-9,11H2,1H3. The molecule has 5 heteroatoms. The van der Waals surface area contributed by atoms with Crippen LogP contribution in [0.5, 0.6) is 0 Å². The van der Waals surface area contributed by atoms with Crippen LogP contribution in [0.15, 0.2) is 17.2 Å². The first-order valence-corrected chi connectivity index (χ1v) is 8.28. The van der Waals surface area contributed by atoms with Gasteiger partial charge >= 0.3 is 0 Å². The quantitative estimate of drug-likeness (QED) is 0.798. The van der Waals surface area contributed by atoms with E-state index in [9.17, 15) is 4.79 Å². The lowest BCUT2D eigenvalue weighted by molar-refractivity contribution is 0.601. The Balaban J connectivity index is 2.33. The highest BCUT2D eigenvalue weighted by Gasteiger charge is 2.23. The predicted molar refractivity (Wildman–Crippen MR) is 82.2 cm³/mol. The van der Waals surface area contributed by atoms with Crippen molar-refractivity contribution in [3.8, 4) is 0 Å². The molecule has 0 spiro atoms. The number of alkyl halides is 1. The SMILES string of the molecule is CCCn1ccnc(N2CCCCCC2CBr)c1=O. The Kier molecular flexibility index (Phi) is 5.43. The van der Waals surface area contributed by atoms with E-state index in [0.29, 0.717) is 11.9 Å². The molecular weight excluding hydrogens is 306 g/mol. The van der Waals surface area contributed by atoms with Gasteiger partial charge in [0, 0.05) is 36.9 Å². The molecule has 106 valence electrons. The van der Waals surface area contributed by atoms with E-state index in [1.807, 2.05) is 0 Å². The average molecular weight is 328 g/mol. The molecule has 1 atom stereocenters. The van der Waals surface area contributed by atoms with E-state index >= 15 is 0 Å². The summed E-state index contributed by atoms with van der Waals surface area (Å²) in [6.07, 6.45) is 9.27. The molecule has 0 aromatic carbocycles. The highest BCUT2D eigenvalue weighted by molar-refractivity contribution is 9.09. The van der Waals surface area contributed by atoms with Gasteiger partial charge in [-0.3, -0.25) is 4.79 Å². The third-order valence-corrected chi connectivity index (χ3v) is 4.43. The van der Waals surface area contributed by atoms with Gasteiger partial charge in [0.15, 0.2) is 5.82 Å². The minimum Gasteiger partial charge on any atom is -0.348 e. The summed E-state index contributed by atoms with van der Waals surface area (Å²) in [7, 11) is 0. The minimum absolute atomic E-state index is 0.0530. The van der Waals surface area contributed by atoms with Crippen molar-refractivity contribution in [3.63, 3.8) is 0 Å². The van der Waals surface area contributed by atoms with E-state index < -0.39 is 0 Å². The van der Waals surface area contributed by atoms with Gasteiger partial charge in [0.1, 0.15) is 0 Å². The molecule has 1 aliphatic rings. The first-order valence-electron chi connectivity index (χ1n) is 7.16. The van der Waals surface area contributed by atoms with Gasteiger partial charge in [-0.1, -0.05) is 35.7 Å². The summed E-state index contributed by atoms with van der Waals surface area (Å²) in [5.74, 6) is 0.627. The zero-order valence-electron chi connectivity index (χ0n) is 11.5. The van der Waals surface area contributed by atoms with Crippen molar-refractivity contribution in [1.82, 2.24) is 9.55 Å². The second kappa shape index (κ2) is 7.08. The highest BCUT2D eigenvalue weighted by atomic mass is 79.9. The number of rotatable bonds is 4. The maximum atomic E-state index is 12.5. The van der Waals surface area contributed by atoms with Crippen molar-refractivity contribution in [1.29, 1.82) is 0 Å². The first kappa shape index (κ1) is 14.6. The van der Waals surface area contributed by atoms with Crippen molar-refractivity contribution < 1.29 is 0 Å². The van der Waals surface area contributed by atoms with Crippen LogP contribution in [0.4, 0.5) is 5.82 Å². The van der Waals surface area contributed by atoms with Crippen LogP contribution < -0.4 is 10.5 Å². The second-order valence-corrected chi connectivity index (χ2v) is 5.75. The fourth-order valence-corrected chi connectivity index (χ4v) is 3.34. The molecule has 1 aromatic heterocycles. The lowest BCUT2D eigenvalue weighted by Gasteiger charge is -2.29. The summed E-state index contributed by atoms with van der Waals surface area (Å²) in [4.78, 5) is 19.0. The van der Waals surface area contributed by atoms with Gasteiger partial charge in [-0.05, 0) is 19.3 Å². The predicted octanol–water partition coefficient (Wildman–Crippen LogP) is 2.80. The second-order valence-electron chi connectivity index (χ2n) is 5.10. The summed E-state index contributed by atoms with van der Waals surface area (Å²) in [6, 6.07) is 0.389. The number of halogens is 1. The van der Waals surface area contributed by atoms with Crippen LogP contribution in [0.25, 0.3) is 0 Å². The van der Waals surface area contributed by atoms with Crippen molar-refractivity contribution in [2.45, 2.75) is 51.6 Å². The molecule has 19 heavy (non-hydrogen) atoms. The highest BCUT2D eigenvalue weighted by Crippen LogP contribution is 2.21. The van der Waals surface area contributed by atoms with Crippen molar-refractivity contribution >= 4 is 21.7 Å². The van der Waals surface area contributed by atoms with Crippen molar-refractivity contribution in [2.24, 2.45) is 0 Å². The Morgan fingerprint density at radius 2 is 2.26 bits per heavy atom. The van der Waals surface area contributed by atoms with Gasteiger partial charge in [-0.25, -0.2) is 4.98 Å². The molecular formula is C14H22BrN3O. The van der Waals surface area contributed by atoms with Gasteiger partial charge in [-0.15, -0.1) is 0 Å². The number of aromatic nitrogens is 2. The molecule has 2 rings (SSSR count). The average Bonchev–Trinajstić information content (AvgIpc) is 2.66. The zero-order chi connectivity index (χ0) is 13.7. The number of aryl methyl sites for hydroxylation is 1. The smallest absolute Gasteiger partial charge is 0.293 e. The van der Waals surface area contributed by atoms with Crippen LogP contribution in [0.2, 0.25) is 0 Å². The van der Waals surface area contributed by atoms with Crippen LogP contribution in [-0.2, 0) is 6.54 Å². The maximum Gasteiger partial charge on any atom is 0.293 e. The van der Waals surface area contributed by atoms with Gasteiger partial charge < -0.3 is 9.47 Å². The molecule has 1 aromatic rings. The maximum absolute atomic E-state index is 12.5. The Hall–Kier alpha value is -0.840. The summed E-state index contributed by atoms with van der Waals surface area (Å²) in [5.41, 5.74) is 0.0530. The molecule has 0 amide bonds. The van der Waals surface area contributed by atoms with Crippen molar-refractivity contribution in [2.75, 3.05) is 16.8 Å². The molecule has 0 radical (unpaired) electrons. The van der Waals surface area contributed by atoms with E-state index in [1.54, 1.807) is 17.0 Å². The third kappa shape index (κ3) is 3.38. The van der Waals surface area contributed by atoms with E-state index in [0.717, 1.165) is 37.7 Å². The van der Waals surface area contributed by atoms with E-state index in [-0.39, 0.29) is 5.56 Å². The number of anilines is 1. The van der Waals surface area contributed by atoms with Crippen LogP contribution in [0.3, 0.4) is 0 Å². The molecule has 0 saturated carbocycles. The molecule has 1 saturated heterocycles. The minimum atomic E-state index is 0.0530. The number of hydrogen-bond donors (Lipinski definition) is 0. The number of nitrogens with zero attached hydrogens (tertiary/aromatic N) is 3. The van der Waals surface area contributed by atoms with Gasteiger partial charge in [0.2, 0.25) is 0 Å². The van der Waals surface area contributed by atoms with E-state index in [4.69, 9.17) is 0 Å². The topological polar surface area (TPSA) is 38.1 Å². The van der Waals surface area contributed by atoms with E-state index in [1.165, 1.54) is 12.8 Å². The fourth-order valence-electron chi connectivity index (χ4n) is 2.67. The lowest BCUT2D eigenvalue weighted by Crippen LogP contribution is -2.41. The first-order chi connectivity index (χ1) is 9.27. The molecule has 1 fully saturated rings. The Morgan fingerprint density at radius 1 is 1.42 bits per heavy atom.